The number of benzene rings is 2. The average molecular weight is 478 g/mol. The Hall–Kier alpha value is -3.43. The van der Waals surface area contributed by atoms with Crippen LogP contribution in [0.3, 0.4) is 0 Å². The molecule has 7 nitrogen and oxygen atoms in total. The number of nitrogens with zero attached hydrogens (tertiary/aromatic N) is 2. The Morgan fingerprint density at radius 3 is 2.30 bits per heavy atom. The Balaban J connectivity index is 1.27. The molecule has 33 heavy (non-hydrogen) atoms. The zero-order chi connectivity index (χ0) is 23.3. The van der Waals surface area contributed by atoms with Gasteiger partial charge in [-0.15, -0.1) is 11.3 Å². The average Bonchev–Trinajstić information content (AvgIpc) is 3.07. The number of thiophene rings is 1. The molecule has 0 bridgehead atoms. The Morgan fingerprint density at radius 1 is 0.970 bits per heavy atom. The van der Waals surface area contributed by atoms with Gasteiger partial charge >= 0.3 is 0 Å². The predicted molar refractivity (Wildman–Crippen MR) is 130 cm³/mol. The highest BCUT2D eigenvalue weighted by molar-refractivity contribution is 7.20. The first-order valence-electron chi connectivity index (χ1n) is 10.4. The second kappa shape index (κ2) is 8.17. The van der Waals surface area contributed by atoms with Crippen LogP contribution in [0.2, 0.25) is 0 Å². The lowest BCUT2D eigenvalue weighted by Gasteiger charge is -2.27. The highest BCUT2D eigenvalue weighted by Gasteiger charge is 2.32. The van der Waals surface area contributed by atoms with Gasteiger partial charge in [-0.3, -0.25) is 24.1 Å². The van der Waals surface area contributed by atoms with Gasteiger partial charge in [0.05, 0.1) is 5.39 Å². The van der Waals surface area contributed by atoms with Crippen molar-refractivity contribution in [2.24, 2.45) is 0 Å². The zero-order valence-electron chi connectivity index (χ0n) is 17.9. The molecule has 1 N–H and O–H groups in total. The van der Waals surface area contributed by atoms with Gasteiger partial charge in [-0.05, 0) is 43.4 Å². The van der Waals surface area contributed by atoms with Gasteiger partial charge in [0.15, 0.2) is 5.13 Å². The van der Waals surface area contributed by atoms with Crippen LogP contribution in [-0.4, -0.2) is 34.2 Å². The number of carbonyl (C=O) groups is 3. The minimum atomic E-state index is -0.349. The van der Waals surface area contributed by atoms with Crippen molar-refractivity contribution in [1.29, 1.82) is 0 Å². The molecule has 0 aliphatic carbocycles. The van der Waals surface area contributed by atoms with Crippen LogP contribution in [0.1, 0.15) is 44.0 Å². The van der Waals surface area contributed by atoms with Crippen molar-refractivity contribution in [2.75, 3.05) is 11.9 Å². The Labute approximate surface area is 196 Å². The van der Waals surface area contributed by atoms with E-state index in [1.54, 1.807) is 24.3 Å². The van der Waals surface area contributed by atoms with Crippen LogP contribution in [0, 0.1) is 13.8 Å². The summed E-state index contributed by atoms with van der Waals surface area (Å²) in [6.07, 6.45) is 0.391. The van der Waals surface area contributed by atoms with E-state index < -0.39 is 0 Å². The van der Waals surface area contributed by atoms with E-state index in [-0.39, 0.29) is 40.6 Å². The number of hydrogen-bond acceptors (Lipinski definition) is 7. The third kappa shape index (κ3) is 3.63. The first kappa shape index (κ1) is 21.4. The van der Waals surface area contributed by atoms with E-state index in [1.807, 2.05) is 26.0 Å². The lowest BCUT2D eigenvalue weighted by molar-refractivity contribution is -0.116. The van der Waals surface area contributed by atoms with E-state index in [4.69, 9.17) is 0 Å². The number of nitrogens with one attached hydrogen (secondary N) is 1. The first-order chi connectivity index (χ1) is 15.8. The number of amides is 3. The summed E-state index contributed by atoms with van der Waals surface area (Å²) in [5.41, 5.74) is 1.92. The van der Waals surface area contributed by atoms with E-state index in [9.17, 15) is 19.2 Å². The minimum Gasteiger partial charge on any atom is -0.302 e. The summed E-state index contributed by atoms with van der Waals surface area (Å²) in [5.74, 6) is -1.01. The SMILES string of the molecule is Cc1sc2nc(NC(=O)CCCN3C(=O)c4cccc5cccc(c45)C3=O)sc(=O)c2c1C. The van der Waals surface area contributed by atoms with Gasteiger partial charge in [0.2, 0.25) is 10.6 Å². The zero-order valence-corrected chi connectivity index (χ0v) is 19.6. The standard InChI is InChI=1S/C24H19N3O4S2/c1-12-13(2)32-20-18(12)23(31)33-24(26-20)25-17(28)10-5-11-27-21(29)15-8-3-6-14-7-4-9-16(19(14)15)22(27)30/h3-4,6-9H,5,10-11H2,1-2H3,(H,25,26,28). The van der Waals surface area contributed by atoms with Crippen LogP contribution >= 0.6 is 22.7 Å². The van der Waals surface area contributed by atoms with Crippen molar-refractivity contribution in [3.63, 3.8) is 0 Å². The number of aryl methyl sites for hydroxylation is 2. The fourth-order valence-electron chi connectivity index (χ4n) is 4.10. The minimum absolute atomic E-state index is 0.0893. The summed E-state index contributed by atoms with van der Waals surface area (Å²) in [6, 6.07) is 10.8. The molecule has 4 aromatic rings. The van der Waals surface area contributed by atoms with Gasteiger partial charge in [-0.25, -0.2) is 4.98 Å². The molecule has 3 amide bonds. The fourth-order valence-corrected chi connectivity index (χ4v) is 6.08. The molecule has 0 unspecified atom stereocenters. The van der Waals surface area contributed by atoms with Crippen LogP contribution in [-0.2, 0) is 4.79 Å². The molecule has 0 spiro atoms. The third-order valence-electron chi connectivity index (χ3n) is 5.85. The molecule has 3 heterocycles. The van der Waals surface area contributed by atoms with E-state index in [2.05, 4.69) is 10.3 Å². The number of hydrogen-bond donors (Lipinski definition) is 1. The molecule has 2 aromatic heterocycles. The highest BCUT2D eigenvalue weighted by atomic mass is 32.1. The quantitative estimate of drug-likeness (QED) is 0.427. The maximum atomic E-state index is 12.9. The molecule has 0 radical (unpaired) electrons. The molecule has 0 saturated heterocycles. The molecule has 1 aliphatic heterocycles. The van der Waals surface area contributed by atoms with Gasteiger partial charge in [0.1, 0.15) is 4.83 Å². The normalized spacial score (nSPS) is 13.2. The van der Waals surface area contributed by atoms with Crippen molar-refractivity contribution in [3.8, 4) is 0 Å². The topological polar surface area (TPSA) is 96.4 Å². The van der Waals surface area contributed by atoms with Crippen LogP contribution in [0.15, 0.2) is 41.2 Å². The lowest BCUT2D eigenvalue weighted by Crippen LogP contribution is -2.41. The van der Waals surface area contributed by atoms with Crippen molar-refractivity contribution in [3.05, 3.63) is 67.5 Å². The van der Waals surface area contributed by atoms with E-state index in [0.717, 1.165) is 27.2 Å². The maximum absolute atomic E-state index is 12.9. The van der Waals surface area contributed by atoms with Gasteiger partial charge in [-0.1, -0.05) is 35.6 Å². The van der Waals surface area contributed by atoms with Crippen molar-refractivity contribution in [2.45, 2.75) is 26.7 Å². The summed E-state index contributed by atoms with van der Waals surface area (Å²) >= 11 is 2.33. The van der Waals surface area contributed by atoms with Crippen LogP contribution in [0.5, 0.6) is 0 Å². The Kier molecular flexibility index (Phi) is 5.30. The maximum Gasteiger partial charge on any atom is 0.261 e. The molecule has 1 aliphatic rings. The molecular weight excluding hydrogens is 458 g/mol. The molecular formula is C24H19N3O4S2. The molecule has 5 rings (SSSR count). The summed E-state index contributed by atoms with van der Waals surface area (Å²) in [6.45, 7) is 3.96. The second-order valence-electron chi connectivity index (χ2n) is 7.89. The largest absolute Gasteiger partial charge is 0.302 e. The van der Waals surface area contributed by atoms with Gasteiger partial charge in [-0.2, -0.15) is 0 Å². The van der Waals surface area contributed by atoms with E-state index in [0.29, 0.717) is 33.2 Å². The number of anilines is 1. The van der Waals surface area contributed by atoms with Crippen molar-refractivity contribution in [1.82, 2.24) is 9.88 Å². The molecule has 166 valence electrons. The van der Waals surface area contributed by atoms with Gasteiger partial charge in [0.25, 0.3) is 11.8 Å². The second-order valence-corrected chi connectivity index (χ2v) is 10.1. The summed E-state index contributed by atoms with van der Waals surface area (Å²) in [4.78, 5) is 58.0. The monoisotopic (exact) mass is 477 g/mol. The van der Waals surface area contributed by atoms with Crippen LogP contribution < -0.4 is 10.1 Å². The Bertz CT molecular complexity index is 1490. The van der Waals surface area contributed by atoms with E-state index in [1.165, 1.54) is 16.2 Å². The smallest absolute Gasteiger partial charge is 0.261 e. The third-order valence-corrected chi connectivity index (χ3v) is 7.73. The summed E-state index contributed by atoms with van der Waals surface area (Å²) in [5, 5.41) is 5.08. The summed E-state index contributed by atoms with van der Waals surface area (Å²) < 4.78 is -0.130. The highest BCUT2D eigenvalue weighted by Crippen LogP contribution is 2.30. The number of rotatable bonds is 5. The van der Waals surface area contributed by atoms with Crippen LogP contribution in [0.4, 0.5) is 5.13 Å². The predicted octanol–water partition coefficient (Wildman–Crippen LogP) is 4.50. The van der Waals surface area contributed by atoms with Crippen molar-refractivity contribution < 1.29 is 14.4 Å². The lowest BCUT2D eigenvalue weighted by atomic mass is 9.94. The van der Waals surface area contributed by atoms with Crippen LogP contribution in [0.25, 0.3) is 21.0 Å². The Morgan fingerprint density at radius 2 is 1.64 bits per heavy atom. The molecule has 0 saturated carbocycles. The number of imide groups is 1. The van der Waals surface area contributed by atoms with Gasteiger partial charge < -0.3 is 5.32 Å². The van der Waals surface area contributed by atoms with E-state index >= 15 is 0 Å². The van der Waals surface area contributed by atoms with Crippen molar-refractivity contribution >= 4 is 66.5 Å². The fraction of sp³-hybridized carbons (Fsp3) is 0.208. The molecule has 2 aromatic carbocycles. The number of aromatic nitrogens is 1. The first-order valence-corrected chi connectivity index (χ1v) is 12.1. The molecule has 0 fully saturated rings. The molecule has 9 heteroatoms. The molecule has 0 atom stereocenters. The van der Waals surface area contributed by atoms with Gasteiger partial charge in [0, 0.05) is 34.4 Å². The number of fused-ring (bicyclic) bond motifs is 1. The summed E-state index contributed by atoms with van der Waals surface area (Å²) in [7, 11) is 0. The number of carbonyl (C=O) groups excluding carboxylic acids is 3.